The molecule has 0 saturated carbocycles. The normalized spacial score (nSPS) is 20.9. The van der Waals surface area contributed by atoms with Gasteiger partial charge in [0.05, 0.1) is 17.9 Å². The van der Waals surface area contributed by atoms with Crippen LogP contribution in [0.2, 0.25) is 0 Å². The van der Waals surface area contributed by atoms with E-state index in [1.165, 1.54) is 0 Å². The molecule has 3 nitrogen and oxygen atoms in total. The fourth-order valence-electron chi connectivity index (χ4n) is 2.05. The predicted molar refractivity (Wildman–Crippen MR) is 70.9 cm³/mol. The first-order chi connectivity index (χ1) is 8.20. The van der Waals surface area contributed by atoms with Crippen molar-refractivity contribution >= 4 is 21.6 Å². The summed E-state index contributed by atoms with van der Waals surface area (Å²) >= 11 is 3.37. The first kappa shape index (κ1) is 12.4. The molecule has 1 aliphatic heterocycles. The monoisotopic (exact) mass is 294 g/mol. The summed E-state index contributed by atoms with van der Waals surface area (Å²) in [6, 6.07) is 8.25. The molecule has 1 saturated heterocycles. The topological polar surface area (TPSA) is 45.0 Å². The molecule has 4 heteroatoms. The molecule has 2 rings (SSSR count). The number of nitriles is 1. The maximum atomic E-state index is 9.09. The van der Waals surface area contributed by atoms with Crippen LogP contribution in [-0.4, -0.2) is 19.3 Å². The van der Waals surface area contributed by atoms with Gasteiger partial charge < -0.3 is 10.1 Å². The molecule has 0 bridgehead atoms. The lowest BCUT2D eigenvalue weighted by atomic mass is 10.00. The van der Waals surface area contributed by atoms with E-state index in [1.807, 2.05) is 18.2 Å². The first-order valence-electron chi connectivity index (χ1n) is 5.74. The number of anilines is 1. The van der Waals surface area contributed by atoms with Crippen molar-refractivity contribution in [3.8, 4) is 6.07 Å². The highest BCUT2D eigenvalue weighted by Gasteiger charge is 2.22. The fraction of sp³-hybridized carbons (Fsp3) is 0.462. The highest BCUT2D eigenvalue weighted by molar-refractivity contribution is 9.10. The standard InChI is InChI=1S/C13H15BrN2O/c1-9(10-4-5-17-8-10)16-13-3-2-12(14)6-11(13)7-15/h2-3,6,9-10,16H,4-5,8H2,1H3. The molecule has 90 valence electrons. The van der Waals surface area contributed by atoms with Gasteiger partial charge in [-0.2, -0.15) is 5.26 Å². The number of halogens is 1. The molecule has 1 aromatic rings. The lowest BCUT2D eigenvalue weighted by Crippen LogP contribution is -2.26. The summed E-state index contributed by atoms with van der Waals surface area (Å²) in [7, 11) is 0. The third-order valence-corrected chi connectivity index (χ3v) is 3.65. The lowest BCUT2D eigenvalue weighted by Gasteiger charge is -2.21. The molecular weight excluding hydrogens is 280 g/mol. The van der Waals surface area contributed by atoms with Crippen LogP contribution in [0.1, 0.15) is 18.9 Å². The van der Waals surface area contributed by atoms with Gasteiger partial charge in [0, 0.05) is 23.0 Å². The summed E-state index contributed by atoms with van der Waals surface area (Å²) in [6.07, 6.45) is 1.09. The molecule has 0 amide bonds. The molecule has 1 heterocycles. The average molecular weight is 295 g/mol. The predicted octanol–water partition coefficient (Wildman–Crippen LogP) is 3.16. The summed E-state index contributed by atoms with van der Waals surface area (Å²) in [4.78, 5) is 0. The van der Waals surface area contributed by atoms with Gasteiger partial charge in [0.2, 0.25) is 0 Å². The molecule has 17 heavy (non-hydrogen) atoms. The third-order valence-electron chi connectivity index (χ3n) is 3.16. The van der Waals surface area contributed by atoms with E-state index in [9.17, 15) is 0 Å². The first-order valence-corrected chi connectivity index (χ1v) is 6.54. The van der Waals surface area contributed by atoms with Crippen molar-refractivity contribution in [3.05, 3.63) is 28.2 Å². The molecule has 0 radical (unpaired) electrons. The Hall–Kier alpha value is -1.05. The van der Waals surface area contributed by atoms with Crippen LogP contribution in [0.5, 0.6) is 0 Å². The SMILES string of the molecule is CC(Nc1ccc(Br)cc1C#N)C1CCOC1. The molecule has 0 aliphatic carbocycles. The Balaban J connectivity index is 2.10. The Labute approximate surface area is 110 Å². The van der Waals surface area contributed by atoms with E-state index in [0.29, 0.717) is 17.5 Å². The van der Waals surface area contributed by atoms with E-state index < -0.39 is 0 Å². The number of hydrogen-bond donors (Lipinski definition) is 1. The highest BCUT2D eigenvalue weighted by atomic mass is 79.9. The molecule has 1 fully saturated rings. The van der Waals surface area contributed by atoms with Gasteiger partial charge in [-0.3, -0.25) is 0 Å². The minimum atomic E-state index is 0.325. The quantitative estimate of drug-likeness (QED) is 0.931. The van der Waals surface area contributed by atoms with E-state index >= 15 is 0 Å². The second-order valence-corrected chi connectivity index (χ2v) is 5.27. The van der Waals surface area contributed by atoms with Gasteiger partial charge in [-0.15, -0.1) is 0 Å². The zero-order valence-corrected chi connectivity index (χ0v) is 11.3. The summed E-state index contributed by atoms with van der Waals surface area (Å²) in [5.74, 6) is 0.533. The third kappa shape index (κ3) is 2.99. The molecular formula is C13H15BrN2O. The van der Waals surface area contributed by atoms with Crippen molar-refractivity contribution in [2.45, 2.75) is 19.4 Å². The van der Waals surface area contributed by atoms with E-state index in [1.54, 1.807) is 0 Å². The van der Waals surface area contributed by atoms with Crippen LogP contribution in [0.3, 0.4) is 0 Å². The Kier molecular flexibility index (Phi) is 4.03. The summed E-state index contributed by atoms with van der Waals surface area (Å²) in [5, 5.41) is 12.5. The average Bonchev–Trinajstić information content (AvgIpc) is 2.85. The van der Waals surface area contributed by atoms with E-state index in [0.717, 1.165) is 29.8 Å². The zero-order valence-electron chi connectivity index (χ0n) is 9.74. The highest BCUT2D eigenvalue weighted by Crippen LogP contribution is 2.24. The number of benzene rings is 1. The number of nitrogens with one attached hydrogen (secondary N) is 1. The van der Waals surface area contributed by atoms with Crippen molar-refractivity contribution in [3.63, 3.8) is 0 Å². The molecule has 0 aromatic heterocycles. The van der Waals surface area contributed by atoms with Crippen LogP contribution in [-0.2, 0) is 4.74 Å². The van der Waals surface area contributed by atoms with Crippen molar-refractivity contribution < 1.29 is 4.74 Å². The van der Waals surface area contributed by atoms with Crippen molar-refractivity contribution in [1.29, 1.82) is 5.26 Å². The number of rotatable bonds is 3. The molecule has 1 N–H and O–H groups in total. The minimum Gasteiger partial charge on any atom is -0.381 e. The van der Waals surface area contributed by atoms with Crippen LogP contribution in [0.4, 0.5) is 5.69 Å². The van der Waals surface area contributed by atoms with Gasteiger partial charge in [0.25, 0.3) is 0 Å². The summed E-state index contributed by atoms with van der Waals surface area (Å²) in [6.45, 7) is 3.80. The summed E-state index contributed by atoms with van der Waals surface area (Å²) < 4.78 is 6.31. The van der Waals surface area contributed by atoms with Gasteiger partial charge in [0.15, 0.2) is 0 Å². The zero-order chi connectivity index (χ0) is 12.3. The van der Waals surface area contributed by atoms with Crippen LogP contribution in [0.15, 0.2) is 22.7 Å². The fourth-order valence-corrected chi connectivity index (χ4v) is 2.41. The second-order valence-electron chi connectivity index (χ2n) is 4.36. The Morgan fingerprint density at radius 2 is 2.41 bits per heavy atom. The van der Waals surface area contributed by atoms with E-state index in [4.69, 9.17) is 10.00 Å². The largest absolute Gasteiger partial charge is 0.381 e. The summed E-state index contributed by atoms with van der Waals surface area (Å²) in [5.41, 5.74) is 1.57. The van der Waals surface area contributed by atoms with Gasteiger partial charge in [-0.1, -0.05) is 15.9 Å². The van der Waals surface area contributed by atoms with Gasteiger partial charge in [-0.05, 0) is 31.5 Å². The molecule has 1 aromatic carbocycles. The number of ether oxygens (including phenoxy) is 1. The van der Waals surface area contributed by atoms with Gasteiger partial charge in [-0.25, -0.2) is 0 Å². The molecule has 1 aliphatic rings. The number of hydrogen-bond acceptors (Lipinski definition) is 3. The molecule has 0 spiro atoms. The van der Waals surface area contributed by atoms with Gasteiger partial charge >= 0.3 is 0 Å². The Morgan fingerprint density at radius 1 is 1.59 bits per heavy atom. The lowest BCUT2D eigenvalue weighted by molar-refractivity contribution is 0.183. The van der Waals surface area contributed by atoms with Crippen LogP contribution in [0, 0.1) is 17.2 Å². The van der Waals surface area contributed by atoms with Crippen LogP contribution < -0.4 is 5.32 Å². The maximum absolute atomic E-state index is 9.09. The van der Waals surface area contributed by atoms with Crippen molar-refractivity contribution in [2.75, 3.05) is 18.5 Å². The number of nitrogens with zero attached hydrogens (tertiary/aromatic N) is 1. The van der Waals surface area contributed by atoms with Gasteiger partial charge in [0.1, 0.15) is 6.07 Å². The molecule has 2 unspecified atom stereocenters. The van der Waals surface area contributed by atoms with E-state index in [-0.39, 0.29) is 0 Å². The minimum absolute atomic E-state index is 0.325. The van der Waals surface area contributed by atoms with Crippen LogP contribution in [0.25, 0.3) is 0 Å². The second kappa shape index (κ2) is 5.52. The molecule has 2 atom stereocenters. The Morgan fingerprint density at radius 3 is 3.06 bits per heavy atom. The van der Waals surface area contributed by atoms with Crippen LogP contribution >= 0.6 is 15.9 Å². The van der Waals surface area contributed by atoms with Crippen molar-refractivity contribution in [2.24, 2.45) is 5.92 Å². The smallest absolute Gasteiger partial charge is 0.101 e. The van der Waals surface area contributed by atoms with E-state index in [2.05, 4.69) is 34.2 Å². The maximum Gasteiger partial charge on any atom is 0.101 e. The van der Waals surface area contributed by atoms with Crippen molar-refractivity contribution in [1.82, 2.24) is 0 Å². The Bertz CT molecular complexity index is 436.